The summed E-state index contributed by atoms with van der Waals surface area (Å²) in [6.07, 6.45) is 0.169. The topological polar surface area (TPSA) is 98.8 Å². The van der Waals surface area contributed by atoms with Crippen molar-refractivity contribution in [2.45, 2.75) is 25.3 Å². The molecule has 0 bridgehead atoms. The van der Waals surface area contributed by atoms with E-state index >= 15 is 0 Å². The minimum atomic E-state index is -3.15. The van der Waals surface area contributed by atoms with Gasteiger partial charge in [-0.1, -0.05) is 24.3 Å². The van der Waals surface area contributed by atoms with Gasteiger partial charge >= 0.3 is 5.97 Å². The summed E-state index contributed by atoms with van der Waals surface area (Å²) < 4.78 is 32.8. The van der Waals surface area contributed by atoms with E-state index in [0.29, 0.717) is 12.1 Å². The number of hydrogen-bond acceptors (Lipinski definition) is 6. The second-order valence-electron chi connectivity index (χ2n) is 6.38. The third-order valence-electron chi connectivity index (χ3n) is 3.90. The van der Waals surface area contributed by atoms with Crippen molar-refractivity contribution in [3.63, 3.8) is 0 Å². The maximum atomic E-state index is 12.2. The molecule has 2 aromatic rings. The zero-order valence-electron chi connectivity index (χ0n) is 16.0. The number of sulfone groups is 1. The zero-order chi connectivity index (χ0) is 20.7. The highest BCUT2D eigenvalue weighted by Gasteiger charge is 2.19. The van der Waals surface area contributed by atoms with Gasteiger partial charge in [-0.15, -0.1) is 0 Å². The second kappa shape index (κ2) is 9.36. The van der Waals surface area contributed by atoms with Crippen LogP contribution in [0, 0.1) is 0 Å². The molecule has 28 heavy (non-hydrogen) atoms. The predicted octanol–water partition coefficient (Wildman–Crippen LogP) is 2.10. The Morgan fingerprint density at radius 3 is 2.11 bits per heavy atom. The van der Waals surface area contributed by atoms with E-state index < -0.39 is 27.8 Å². The van der Waals surface area contributed by atoms with Crippen LogP contribution in [0.4, 0.5) is 0 Å². The summed E-state index contributed by atoms with van der Waals surface area (Å²) in [5.41, 5.74) is 1.70. The van der Waals surface area contributed by atoms with E-state index in [-0.39, 0.29) is 11.3 Å². The summed E-state index contributed by atoms with van der Waals surface area (Å²) in [4.78, 5) is 24.3. The van der Waals surface area contributed by atoms with Gasteiger partial charge in [-0.25, -0.2) is 13.2 Å². The van der Waals surface area contributed by atoms with Crippen molar-refractivity contribution < 1.29 is 27.5 Å². The first kappa shape index (κ1) is 21.4. The number of benzene rings is 2. The van der Waals surface area contributed by atoms with Gasteiger partial charge in [0.2, 0.25) is 0 Å². The Morgan fingerprint density at radius 1 is 1.00 bits per heavy atom. The molecule has 0 heterocycles. The van der Waals surface area contributed by atoms with Crippen molar-refractivity contribution in [2.75, 3.05) is 13.4 Å². The molecule has 1 atom stereocenters. The Morgan fingerprint density at radius 2 is 1.57 bits per heavy atom. The first-order chi connectivity index (χ1) is 13.2. The molecule has 8 heteroatoms. The van der Waals surface area contributed by atoms with Gasteiger partial charge in [0.15, 0.2) is 15.9 Å². The first-order valence-corrected chi connectivity index (χ1v) is 10.6. The van der Waals surface area contributed by atoms with Crippen molar-refractivity contribution in [1.82, 2.24) is 5.32 Å². The monoisotopic (exact) mass is 405 g/mol. The third kappa shape index (κ3) is 6.70. The van der Waals surface area contributed by atoms with Crippen molar-refractivity contribution in [1.29, 1.82) is 0 Å². The van der Waals surface area contributed by atoms with Gasteiger partial charge in [0.25, 0.3) is 5.91 Å². The quantitative estimate of drug-likeness (QED) is 0.676. The molecule has 2 aromatic carbocycles. The summed E-state index contributed by atoms with van der Waals surface area (Å²) in [6.45, 7) is 1.78. The molecule has 1 amide bonds. The predicted molar refractivity (Wildman–Crippen MR) is 105 cm³/mol. The zero-order valence-corrected chi connectivity index (χ0v) is 16.8. The minimum absolute atomic E-state index is 0.105. The van der Waals surface area contributed by atoms with Crippen LogP contribution in [0.25, 0.3) is 0 Å². The molecule has 0 spiro atoms. The van der Waals surface area contributed by atoms with E-state index in [9.17, 15) is 18.0 Å². The fourth-order valence-electron chi connectivity index (χ4n) is 2.40. The van der Waals surface area contributed by atoms with Crippen LogP contribution in [0.3, 0.4) is 0 Å². The summed E-state index contributed by atoms with van der Waals surface area (Å²) in [6, 6.07) is 13.3. The first-order valence-electron chi connectivity index (χ1n) is 8.56. The standard InChI is InChI=1S/C20H23NO6S/c1-14(19(22)21-12-15-6-10-18(26-2)11-7-15)27-20(23)17-8-4-16(5-9-17)13-28(3,24)25/h4-11,14H,12-13H2,1-3H3,(H,21,22)/t14-/m1/s1. The smallest absolute Gasteiger partial charge is 0.338 e. The molecule has 0 unspecified atom stereocenters. The molecule has 0 radical (unpaired) electrons. The SMILES string of the molecule is COc1ccc(CNC(=O)[C@@H](C)OC(=O)c2ccc(CS(C)(=O)=O)cc2)cc1. The highest BCUT2D eigenvalue weighted by atomic mass is 32.2. The van der Waals surface area contributed by atoms with E-state index in [1.807, 2.05) is 12.1 Å². The van der Waals surface area contributed by atoms with Gasteiger partial charge in [-0.2, -0.15) is 0 Å². The molecule has 0 aliphatic carbocycles. The Balaban J connectivity index is 1.87. The van der Waals surface area contributed by atoms with Crippen LogP contribution in [0.15, 0.2) is 48.5 Å². The third-order valence-corrected chi connectivity index (χ3v) is 4.76. The number of esters is 1. The molecule has 0 saturated heterocycles. The molecule has 2 rings (SSSR count). The average Bonchev–Trinajstić information content (AvgIpc) is 2.65. The fraction of sp³-hybridized carbons (Fsp3) is 0.300. The lowest BCUT2D eigenvalue weighted by Gasteiger charge is -2.14. The van der Waals surface area contributed by atoms with Gasteiger partial charge in [-0.3, -0.25) is 4.79 Å². The Bertz CT molecular complexity index is 920. The van der Waals surface area contributed by atoms with E-state index in [2.05, 4.69) is 5.32 Å². The van der Waals surface area contributed by atoms with Gasteiger partial charge < -0.3 is 14.8 Å². The summed E-state index contributed by atoms with van der Waals surface area (Å²) in [5, 5.41) is 2.70. The molecule has 0 aromatic heterocycles. The van der Waals surface area contributed by atoms with E-state index in [4.69, 9.17) is 9.47 Å². The highest BCUT2D eigenvalue weighted by Crippen LogP contribution is 2.12. The van der Waals surface area contributed by atoms with E-state index in [1.165, 1.54) is 19.1 Å². The molecular weight excluding hydrogens is 382 g/mol. The number of carbonyl (C=O) groups excluding carboxylic acids is 2. The summed E-state index contributed by atoms with van der Waals surface area (Å²) >= 11 is 0. The van der Waals surface area contributed by atoms with Gasteiger partial charge in [-0.05, 0) is 42.3 Å². The van der Waals surface area contributed by atoms with Crippen LogP contribution in [0.2, 0.25) is 0 Å². The number of rotatable bonds is 8. The normalized spacial score (nSPS) is 12.1. The van der Waals surface area contributed by atoms with Crippen LogP contribution < -0.4 is 10.1 Å². The largest absolute Gasteiger partial charge is 0.497 e. The van der Waals surface area contributed by atoms with E-state index in [1.54, 1.807) is 31.4 Å². The molecule has 0 aliphatic heterocycles. The maximum Gasteiger partial charge on any atom is 0.338 e. The number of amides is 1. The molecular formula is C20H23NO6S. The van der Waals surface area contributed by atoms with Crippen LogP contribution in [0.1, 0.15) is 28.4 Å². The number of hydrogen-bond donors (Lipinski definition) is 1. The molecule has 0 saturated carbocycles. The van der Waals surface area contributed by atoms with Crippen LogP contribution in [0.5, 0.6) is 5.75 Å². The van der Waals surface area contributed by atoms with Gasteiger partial charge in [0.1, 0.15) is 5.75 Å². The maximum absolute atomic E-state index is 12.2. The van der Waals surface area contributed by atoms with Crippen LogP contribution in [-0.4, -0.2) is 39.8 Å². The van der Waals surface area contributed by atoms with Crippen LogP contribution >= 0.6 is 0 Å². The van der Waals surface area contributed by atoms with E-state index in [0.717, 1.165) is 17.6 Å². The van der Waals surface area contributed by atoms with Crippen molar-refractivity contribution in [3.8, 4) is 5.75 Å². The summed E-state index contributed by atoms with van der Waals surface area (Å²) in [5.74, 6) is -0.456. The molecule has 0 fully saturated rings. The van der Waals surface area contributed by atoms with Crippen molar-refractivity contribution >= 4 is 21.7 Å². The average molecular weight is 405 g/mol. The Hall–Kier alpha value is -2.87. The fourth-order valence-corrected chi connectivity index (χ4v) is 3.20. The van der Waals surface area contributed by atoms with Crippen LogP contribution in [-0.2, 0) is 31.7 Å². The molecule has 7 nitrogen and oxygen atoms in total. The second-order valence-corrected chi connectivity index (χ2v) is 8.52. The number of carbonyl (C=O) groups is 2. The van der Waals surface area contributed by atoms with Crippen molar-refractivity contribution in [2.24, 2.45) is 0 Å². The molecule has 0 aliphatic rings. The lowest BCUT2D eigenvalue weighted by Crippen LogP contribution is -2.35. The number of methoxy groups -OCH3 is 1. The van der Waals surface area contributed by atoms with Gasteiger partial charge in [0.05, 0.1) is 18.4 Å². The number of ether oxygens (including phenoxy) is 2. The Kier molecular flexibility index (Phi) is 7.17. The van der Waals surface area contributed by atoms with Crippen molar-refractivity contribution in [3.05, 3.63) is 65.2 Å². The Labute approximate surface area is 164 Å². The summed E-state index contributed by atoms with van der Waals surface area (Å²) in [7, 11) is -1.57. The lowest BCUT2D eigenvalue weighted by atomic mass is 10.1. The highest BCUT2D eigenvalue weighted by molar-refractivity contribution is 7.89. The lowest BCUT2D eigenvalue weighted by molar-refractivity contribution is -0.129. The number of nitrogens with one attached hydrogen (secondary N) is 1. The molecule has 150 valence electrons. The van der Waals surface area contributed by atoms with Gasteiger partial charge in [0, 0.05) is 12.8 Å². The minimum Gasteiger partial charge on any atom is -0.497 e. The molecule has 1 N–H and O–H groups in total.